The van der Waals surface area contributed by atoms with Gasteiger partial charge in [-0.3, -0.25) is 4.79 Å². The zero-order chi connectivity index (χ0) is 23.8. The van der Waals surface area contributed by atoms with Crippen LogP contribution in [0.5, 0.6) is 0 Å². The predicted octanol–water partition coefficient (Wildman–Crippen LogP) is 6.09. The molecule has 0 aliphatic heterocycles. The molecule has 174 valence electrons. The Bertz CT molecular complexity index is 1420. The molecule has 3 aromatic heterocycles. The number of amides is 1. The van der Waals surface area contributed by atoms with Crippen LogP contribution in [-0.2, 0) is 24.0 Å². The van der Waals surface area contributed by atoms with E-state index in [1.165, 1.54) is 28.2 Å². The standard InChI is InChI=1S/C26H25N3O3S2/c1-3-7-15-11-13-18-20(27)22(34-24(18)28-15)23(30)29-25-19(26(31)32-4-2)17-12-10-14-8-5-6-9-16(14)21(17)33-25/h5-6,8-9,11,13H,3-4,7,10,12,27H2,1-2H3,(H,29,30). The number of ether oxygens (including phenoxy) is 1. The molecule has 3 heterocycles. The van der Waals surface area contributed by atoms with Crippen molar-refractivity contribution in [3.05, 3.63) is 63.7 Å². The van der Waals surface area contributed by atoms with Gasteiger partial charge < -0.3 is 15.8 Å². The van der Waals surface area contributed by atoms with Gasteiger partial charge in [-0.15, -0.1) is 22.7 Å². The molecule has 6 nitrogen and oxygen atoms in total. The normalized spacial score (nSPS) is 12.3. The monoisotopic (exact) mass is 491 g/mol. The third-order valence-corrected chi connectivity index (χ3v) is 8.28. The molecule has 0 bridgehead atoms. The van der Waals surface area contributed by atoms with Crippen LogP contribution in [0.2, 0.25) is 0 Å². The van der Waals surface area contributed by atoms with Crippen molar-refractivity contribution in [2.45, 2.75) is 39.5 Å². The van der Waals surface area contributed by atoms with Crippen LogP contribution >= 0.6 is 22.7 Å². The average Bonchev–Trinajstić information content (AvgIpc) is 3.37. The molecule has 34 heavy (non-hydrogen) atoms. The van der Waals surface area contributed by atoms with E-state index in [1.807, 2.05) is 24.3 Å². The molecule has 0 spiro atoms. The van der Waals surface area contributed by atoms with Crippen LogP contribution in [0.15, 0.2) is 36.4 Å². The number of nitrogens with one attached hydrogen (secondary N) is 1. The molecule has 0 saturated carbocycles. The number of hydrogen-bond donors (Lipinski definition) is 2. The first-order valence-electron chi connectivity index (χ1n) is 11.4. The van der Waals surface area contributed by atoms with Gasteiger partial charge in [0.25, 0.3) is 5.91 Å². The number of aromatic nitrogens is 1. The van der Waals surface area contributed by atoms with Gasteiger partial charge in [-0.1, -0.05) is 37.6 Å². The Morgan fingerprint density at radius 2 is 1.94 bits per heavy atom. The molecule has 3 N–H and O–H groups in total. The van der Waals surface area contributed by atoms with Crippen LogP contribution in [0.3, 0.4) is 0 Å². The first kappa shape index (κ1) is 22.6. The molecule has 0 saturated heterocycles. The van der Waals surface area contributed by atoms with Gasteiger partial charge in [-0.2, -0.15) is 0 Å². The number of pyridine rings is 1. The van der Waals surface area contributed by atoms with E-state index in [4.69, 9.17) is 10.5 Å². The van der Waals surface area contributed by atoms with E-state index < -0.39 is 5.97 Å². The summed E-state index contributed by atoms with van der Waals surface area (Å²) >= 11 is 2.70. The Morgan fingerprint density at radius 1 is 1.12 bits per heavy atom. The summed E-state index contributed by atoms with van der Waals surface area (Å²) in [6.45, 7) is 4.15. The number of esters is 1. The third kappa shape index (κ3) is 3.86. The average molecular weight is 492 g/mol. The Kier molecular flexibility index (Phi) is 6.10. The molecular formula is C26H25N3O3S2. The number of carbonyl (C=O) groups excluding carboxylic acids is 2. The smallest absolute Gasteiger partial charge is 0.341 e. The number of nitrogens with zero attached hydrogens (tertiary/aromatic N) is 1. The van der Waals surface area contributed by atoms with Crippen LogP contribution in [0.25, 0.3) is 20.7 Å². The number of rotatable bonds is 6. The number of nitrogens with two attached hydrogens (primary N) is 1. The Morgan fingerprint density at radius 3 is 2.74 bits per heavy atom. The molecule has 4 aromatic rings. The van der Waals surface area contributed by atoms with Crippen LogP contribution in [-0.4, -0.2) is 23.5 Å². The van der Waals surface area contributed by atoms with Crippen molar-refractivity contribution in [3.63, 3.8) is 0 Å². The van der Waals surface area contributed by atoms with Crippen LogP contribution in [0.1, 0.15) is 57.1 Å². The summed E-state index contributed by atoms with van der Waals surface area (Å²) in [7, 11) is 0. The van der Waals surface area contributed by atoms with Crippen molar-refractivity contribution in [2.24, 2.45) is 0 Å². The highest BCUT2D eigenvalue weighted by Crippen LogP contribution is 2.46. The van der Waals surface area contributed by atoms with Crippen molar-refractivity contribution in [3.8, 4) is 10.4 Å². The van der Waals surface area contributed by atoms with Crippen molar-refractivity contribution in [2.75, 3.05) is 17.7 Å². The number of nitrogen functional groups attached to an aromatic ring is 1. The van der Waals surface area contributed by atoms with Gasteiger partial charge >= 0.3 is 5.97 Å². The number of benzene rings is 1. The highest BCUT2D eigenvalue weighted by atomic mass is 32.1. The number of thiophene rings is 2. The minimum absolute atomic E-state index is 0.266. The van der Waals surface area contributed by atoms with E-state index in [0.29, 0.717) is 21.1 Å². The molecular weight excluding hydrogens is 466 g/mol. The third-order valence-electron chi connectivity index (χ3n) is 5.98. The molecule has 0 unspecified atom stereocenters. The fraction of sp³-hybridized carbons (Fsp3) is 0.269. The summed E-state index contributed by atoms with van der Waals surface area (Å²) < 4.78 is 5.36. The number of hydrogen-bond acceptors (Lipinski definition) is 7. The van der Waals surface area contributed by atoms with Crippen LogP contribution in [0.4, 0.5) is 10.7 Å². The van der Waals surface area contributed by atoms with Gasteiger partial charge in [0.05, 0.1) is 17.9 Å². The molecule has 1 amide bonds. The Labute approximate surface area is 205 Å². The summed E-state index contributed by atoms with van der Waals surface area (Å²) in [5, 5.41) is 4.26. The highest BCUT2D eigenvalue weighted by molar-refractivity contribution is 7.22. The maximum atomic E-state index is 13.4. The Hall–Kier alpha value is -3.23. The number of fused-ring (bicyclic) bond motifs is 4. The number of aryl methyl sites for hydroxylation is 2. The second-order valence-electron chi connectivity index (χ2n) is 8.20. The molecule has 0 radical (unpaired) electrons. The maximum absolute atomic E-state index is 13.4. The van der Waals surface area contributed by atoms with Gasteiger partial charge in [-0.25, -0.2) is 9.78 Å². The van der Waals surface area contributed by atoms with Gasteiger partial charge in [0.2, 0.25) is 0 Å². The minimum atomic E-state index is -0.412. The summed E-state index contributed by atoms with van der Waals surface area (Å²) in [5.41, 5.74) is 11.5. The quantitative estimate of drug-likeness (QED) is 0.318. The zero-order valence-electron chi connectivity index (χ0n) is 19.1. The lowest BCUT2D eigenvalue weighted by atomic mass is 9.89. The summed E-state index contributed by atoms with van der Waals surface area (Å²) in [6.07, 6.45) is 3.44. The van der Waals surface area contributed by atoms with E-state index in [0.717, 1.165) is 57.6 Å². The Balaban J connectivity index is 1.55. The fourth-order valence-corrected chi connectivity index (χ4v) is 6.71. The van der Waals surface area contributed by atoms with E-state index in [9.17, 15) is 9.59 Å². The van der Waals surface area contributed by atoms with Gasteiger partial charge in [0.15, 0.2) is 0 Å². The first-order valence-corrected chi connectivity index (χ1v) is 13.0. The van der Waals surface area contributed by atoms with Crippen LogP contribution in [0, 0.1) is 0 Å². The first-order chi connectivity index (χ1) is 16.5. The molecule has 1 aliphatic rings. The van der Waals surface area contributed by atoms with E-state index >= 15 is 0 Å². The van der Waals surface area contributed by atoms with Crippen molar-refractivity contribution in [1.29, 1.82) is 0 Å². The molecule has 5 rings (SSSR count). The van der Waals surface area contributed by atoms with Gasteiger partial charge in [0.1, 0.15) is 14.7 Å². The second-order valence-corrected chi connectivity index (χ2v) is 10.2. The molecule has 0 fully saturated rings. The van der Waals surface area contributed by atoms with Crippen LogP contribution < -0.4 is 11.1 Å². The molecule has 1 aliphatic carbocycles. The molecule has 0 atom stereocenters. The van der Waals surface area contributed by atoms with Crippen molar-refractivity contribution < 1.29 is 14.3 Å². The lowest BCUT2D eigenvalue weighted by Gasteiger charge is -2.16. The lowest BCUT2D eigenvalue weighted by Crippen LogP contribution is -2.16. The van der Waals surface area contributed by atoms with E-state index in [2.05, 4.69) is 29.4 Å². The molecule has 8 heteroatoms. The molecule has 1 aromatic carbocycles. The van der Waals surface area contributed by atoms with Gasteiger partial charge in [0, 0.05) is 16.0 Å². The van der Waals surface area contributed by atoms with E-state index in [1.54, 1.807) is 6.92 Å². The topological polar surface area (TPSA) is 94.3 Å². The van der Waals surface area contributed by atoms with Crippen molar-refractivity contribution in [1.82, 2.24) is 4.98 Å². The number of carbonyl (C=O) groups is 2. The number of anilines is 2. The largest absolute Gasteiger partial charge is 0.462 e. The minimum Gasteiger partial charge on any atom is -0.462 e. The summed E-state index contributed by atoms with van der Waals surface area (Å²) in [6, 6.07) is 12.1. The predicted molar refractivity (Wildman–Crippen MR) is 139 cm³/mol. The zero-order valence-corrected chi connectivity index (χ0v) is 20.7. The maximum Gasteiger partial charge on any atom is 0.341 e. The highest BCUT2D eigenvalue weighted by Gasteiger charge is 2.30. The fourth-order valence-electron chi connectivity index (χ4n) is 4.41. The van der Waals surface area contributed by atoms with E-state index in [-0.39, 0.29) is 12.5 Å². The lowest BCUT2D eigenvalue weighted by molar-refractivity contribution is 0.0527. The summed E-state index contributed by atoms with van der Waals surface area (Å²) in [4.78, 5) is 33.1. The van der Waals surface area contributed by atoms with Crippen molar-refractivity contribution >= 4 is 55.5 Å². The summed E-state index contributed by atoms with van der Waals surface area (Å²) in [5.74, 6) is -0.750. The SMILES string of the molecule is CCCc1ccc2c(N)c(C(=O)Nc3sc4c(c3C(=O)OCC)CCc3ccccc3-4)sc2n1. The second kappa shape index (κ2) is 9.19. The van der Waals surface area contributed by atoms with Gasteiger partial charge in [-0.05, 0) is 55.0 Å².